The summed E-state index contributed by atoms with van der Waals surface area (Å²) in [6, 6.07) is 7.11. The highest BCUT2D eigenvalue weighted by Crippen LogP contribution is 2.25. The van der Waals surface area contributed by atoms with Gasteiger partial charge < -0.3 is 15.4 Å². The van der Waals surface area contributed by atoms with Crippen molar-refractivity contribution in [1.29, 1.82) is 0 Å². The number of anilines is 1. The second kappa shape index (κ2) is 8.93. The monoisotopic (exact) mass is 409 g/mol. The number of alkyl halides is 3. The Kier molecular flexibility index (Phi) is 6.84. The van der Waals surface area contributed by atoms with Gasteiger partial charge in [-0.2, -0.15) is 0 Å². The highest BCUT2D eigenvalue weighted by molar-refractivity contribution is 5.97. The lowest BCUT2D eigenvalue weighted by molar-refractivity contribution is -0.274. The van der Waals surface area contributed by atoms with Gasteiger partial charge in [0.2, 0.25) is 5.91 Å². The number of nitrogens with one attached hydrogen (secondary N) is 2. The molecule has 1 aromatic carbocycles. The summed E-state index contributed by atoms with van der Waals surface area (Å²) >= 11 is 0. The average molecular weight is 409 g/mol. The van der Waals surface area contributed by atoms with Crippen molar-refractivity contribution in [3.63, 3.8) is 0 Å². The maximum Gasteiger partial charge on any atom is 0.573 e. The molecule has 29 heavy (non-hydrogen) atoms. The Morgan fingerprint density at radius 1 is 1.10 bits per heavy atom. The number of aryl methyl sites for hydroxylation is 2. The smallest absolute Gasteiger partial charge is 0.406 e. The number of halogens is 3. The largest absolute Gasteiger partial charge is 0.573 e. The van der Waals surface area contributed by atoms with E-state index < -0.39 is 12.3 Å². The van der Waals surface area contributed by atoms with Gasteiger partial charge in [-0.1, -0.05) is 19.9 Å². The third-order valence-electron chi connectivity index (χ3n) is 3.79. The summed E-state index contributed by atoms with van der Waals surface area (Å²) in [4.78, 5) is 28.5. The van der Waals surface area contributed by atoms with Crippen LogP contribution >= 0.6 is 0 Å². The number of aromatic nitrogens is 1. The lowest BCUT2D eigenvalue weighted by Gasteiger charge is -2.13. The van der Waals surface area contributed by atoms with Gasteiger partial charge in [0.1, 0.15) is 11.6 Å². The Hall–Kier alpha value is -3.10. The highest BCUT2D eigenvalue weighted by atomic mass is 19.4. The van der Waals surface area contributed by atoms with Crippen LogP contribution in [0.1, 0.15) is 41.0 Å². The van der Waals surface area contributed by atoms with Crippen molar-refractivity contribution in [2.75, 3.05) is 5.32 Å². The van der Waals surface area contributed by atoms with E-state index in [9.17, 15) is 22.8 Å². The van der Waals surface area contributed by atoms with Gasteiger partial charge in [-0.3, -0.25) is 9.59 Å². The molecule has 0 aliphatic heterocycles. The standard InChI is InChI=1S/C20H22F3N3O3/c1-11(2)18(27)26-17-9-15(7-13(4)25-17)19(28)24-10-14-5-12(3)6-16(8-14)29-20(21,22)23/h5-9,11H,10H2,1-4H3,(H,24,28)(H,25,26,27). The zero-order valence-electron chi connectivity index (χ0n) is 16.5. The van der Waals surface area contributed by atoms with E-state index in [0.29, 0.717) is 16.8 Å². The predicted molar refractivity (Wildman–Crippen MR) is 101 cm³/mol. The molecule has 0 spiro atoms. The quantitative estimate of drug-likeness (QED) is 0.752. The number of nitrogens with zero attached hydrogens (tertiary/aromatic N) is 1. The van der Waals surface area contributed by atoms with Crippen LogP contribution in [-0.2, 0) is 11.3 Å². The van der Waals surface area contributed by atoms with Gasteiger partial charge >= 0.3 is 6.36 Å². The summed E-state index contributed by atoms with van der Waals surface area (Å²) in [5, 5.41) is 5.28. The molecule has 2 rings (SSSR count). The predicted octanol–water partition coefficient (Wildman–Crippen LogP) is 4.12. The zero-order valence-corrected chi connectivity index (χ0v) is 16.5. The van der Waals surface area contributed by atoms with Crippen LogP contribution in [0.25, 0.3) is 0 Å². The summed E-state index contributed by atoms with van der Waals surface area (Å²) < 4.78 is 41.2. The lowest BCUT2D eigenvalue weighted by Crippen LogP contribution is -2.24. The van der Waals surface area contributed by atoms with Crippen molar-refractivity contribution in [2.24, 2.45) is 5.92 Å². The van der Waals surface area contributed by atoms with Crippen molar-refractivity contribution in [3.05, 3.63) is 52.7 Å². The van der Waals surface area contributed by atoms with Crippen molar-refractivity contribution < 1.29 is 27.5 Å². The number of amides is 2. The number of benzene rings is 1. The van der Waals surface area contributed by atoms with Crippen molar-refractivity contribution in [1.82, 2.24) is 10.3 Å². The molecule has 0 unspecified atom stereocenters. The zero-order chi connectivity index (χ0) is 21.8. The summed E-state index contributed by atoms with van der Waals surface area (Å²) in [5.74, 6) is -1.02. The maximum absolute atomic E-state index is 12.5. The van der Waals surface area contributed by atoms with Crippen LogP contribution in [0.4, 0.5) is 19.0 Å². The minimum Gasteiger partial charge on any atom is -0.406 e. The molecule has 0 aliphatic rings. The molecule has 1 heterocycles. The van der Waals surface area contributed by atoms with E-state index in [4.69, 9.17) is 0 Å². The molecule has 0 fully saturated rings. The van der Waals surface area contributed by atoms with E-state index >= 15 is 0 Å². The molecular formula is C20H22F3N3O3. The second-order valence-electron chi connectivity index (χ2n) is 6.91. The van der Waals surface area contributed by atoms with Crippen LogP contribution in [0.2, 0.25) is 0 Å². The molecule has 2 N–H and O–H groups in total. The van der Waals surface area contributed by atoms with Crippen molar-refractivity contribution >= 4 is 17.6 Å². The molecule has 0 radical (unpaired) electrons. The number of pyridine rings is 1. The van der Waals surface area contributed by atoms with Crippen molar-refractivity contribution in [3.8, 4) is 5.75 Å². The Labute approximate surface area is 166 Å². The number of rotatable bonds is 6. The first kappa shape index (κ1) is 22.2. The van der Waals surface area contributed by atoms with E-state index in [0.717, 1.165) is 0 Å². The molecule has 2 amide bonds. The minimum atomic E-state index is -4.79. The molecule has 6 nitrogen and oxygen atoms in total. The molecule has 0 bridgehead atoms. The molecule has 156 valence electrons. The Balaban J connectivity index is 2.11. The van der Waals surface area contributed by atoms with Crippen LogP contribution in [0.15, 0.2) is 30.3 Å². The van der Waals surface area contributed by atoms with Gasteiger partial charge in [0.05, 0.1) is 0 Å². The van der Waals surface area contributed by atoms with Crippen LogP contribution in [0.5, 0.6) is 5.75 Å². The third-order valence-corrected chi connectivity index (χ3v) is 3.79. The number of ether oxygens (including phenoxy) is 1. The summed E-state index contributed by atoms with van der Waals surface area (Å²) in [7, 11) is 0. The molecule has 2 aromatic rings. The van der Waals surface area contributed by atoms with E-state index in [-0.39, 0.29) is 35.5 Å². The number of carbonyl (C=O) groups excluding carboxylic acids is 2. The number of hydrogen-bond donors (Lipinski definition) is 2. The van der Waals surface area contributed by atoms with Gasteiger partial charge in [-0.25, -0.2) is 4.98 Å². The Morgan fingerprint density at radius 3 is 2.41 bits per heavy atom. The van der Waals surface area contributed by atoms with Gasteiger partial charge in [0.15, 0.2) is 0 Å². The van der Waals surface area contributed by atoms with Crippen LogP contribution in [0.3, 0.4) is 0 Å². The maximum atomic E-state index is 12.5. The lowest BCUT2D eigenvalue weighted by atomic mass is 10.1. The highest BCUT2D eigenvalue weighted by Gasteiger charge is 2.31. The molecule has 9 heteroatoms. The first-order valence-corrected chi connectivity index (χ1v) is 8.87. The van der Waals surface area contributed by atoms with Crippen LogP contribution in [-0.4, -0.2) is 23.2 Å². The Bertz CT molecular complexity index is 912. The van der Waals surface area contributed by atoms with Crippen molar-refractivity contribution in [2.45, 2.75) is 40.6 Å². The van der Waals surface area contributed by atoms with Gasteiger partial charge in [-0.15, -0.1) is 13.2 Å². The van der Waals surface area contributed by atoms with E-state index in [1.807, 2.05) is 0 Å². The minimum absolute atomic E-state index is 0.00376. The fraction of sp³-hybridized carbons (Fsp3) is 0.350. The third kappa shape index (κ3) is 7.10. The fourth-order valence-corrected chi connectivity index (χ4v) is 2.54. The normalized spacial score (nSPS) is 11.3. The van der Waals surface area contributed by atoms with Gasteiger partial charge in [-0.05, 0) is 49.2 Å². The van der Waals surface area contributed by atoms with Crippen LogP contribution in [0, 0.1) is 19.8 Å². The summed E-state index contributed by atoms with van der Waals surface area (Å²) in [6.45, 7) is 6.78. The summed E-state index contributed by atoms with van der Waals surface area (Å²) in [5.41, 5.74) is 1.83. The fourth-order valence-electron chi connectivity index (χ4n) is 2.54. The van der Waals surface area contributed by atoms with Gasteiger partial charge in [0, 0.05) is 23.7 Å². The summed E-state index contributed by atoms with van der Waals surface area (Å²) in [6.07, 6.45) is -4.79. The molecule has 0 atom stereocenters. The Morgan fingerprint density at radius 2 is 1.79 bits per heavy atom. The molecular weight excluding hydrogens is 387 g/mol. The van der Waals surface area contributed by atoms with Gasteiger partial charge in [0.25, 0.3) is 5.91 Å². The average Bonchev–Trinajstić information content (AvgIpc) is 2.57. The van der Waals surface area contributed by atoms with E-state index in [1.165, 1.54) is 18.2 Å². The number of hydrogen-bond acceptors (Lipinski definition) is 4. The first-order chi connectivity index (χ1) is 13.4. The van der Waals surface area contributed by atoms with E-state index in [2.05, 4.69) is 20.4 Å². The molecule has 0 saturated carbocycles. The topological polar surface area (TPSA) is 80.3 Å². The van der Waals surface area contributed by atoms with E-state index in [1.54, 1.807) is 39.8 Å². The molecule has 1 aromatic heterocycles. The SMILES string of the molecule is Cc1cc(CNC(=O)c2cc(C)nc(NC(=O)C(C)C)c2)cc(OC(F)(F)F)c1. The molecule has 0 aliphatic carbocycles. The molecule has 0 saturated heterocycles. The van der Waals surface area contributed by atoms with Crippen LogP contribution < -0.4 is 15.4 Å². The second-order valence-corrected chi connectivity index (χ2v) is 6.91. The first-order valence-electron chi connectivity index (χ1n) is 8.87. The number of carbonyl (C=O) groups is 2.